The van der Waals surface area contributed by atoms with Crippen LogP contribution in [0, 0.1) is 6.92 Å². The van der Waals surface area contributed by atoms with E-state index in [0.29, 0.717) is 30.7 Å². The molecule has 3 rings (SSSR count). The Morgan fingerprint density at radius 2 is 1.96 bits per heavy atom. The zero-order valence-electron chi connectivity index (χ0n) is 13.0. The molecule has 0 bridgehead atoms. The van der Waals surface area contributed by atoms with Crippen molar-refractivity contribution in [3.63, 3.8) is 0 Å². The Balaban J connectivity index is 1.70. The SMILES string of the molecule is Cc1ccc(C(=O)N2CCN(c3cnn(C)c(=O)c3Br)CC2)s1. The summed E-state index contributed by atoms with van der Waals surface area (Å²) in [6.07, 6.45) is 1.69. The molecule has 2 aromatic rings. The van der Waals surface area contributed by atoms with Crippen LogP contribution in [0.3, 0.4) is 0 Å². The summed E-state index contributed by atoms with van der Waals surface area (Å²) >= 11 is 4.88. The number of nitrogens with zero attached hydrogens (tertiary/aromatic N) is 4. The molecule has 6 nitrogen and oxygen atoms in total. The van der Waals surface area contributed by atoms with Gasteiger partial charge in [-0.3, -0.25) is 9.59 Å². The maximum Gasteiger partial charge on any atom is 0.282 e. The van der Waals surface area contributed by atoms with E-state index in [1.54, 1.807) is 13.2 Å². The lowest BCUT2D eigenvalue weighted by Crippen LogP contribution is -2.49. The predicted octanol–water partition coefficient (Wildman–Crippen LogP) is 1.88. The van der Waals surface area contributed by atoms with Gasteiger partial charge in [0.05, 0.1) is 16.8 Å². The van der Waals surface area contributed by atoms with Gasteiger partial charge in [0.15, 0.2) is 0 Å². The first kappa shape index (κ1) is 16.2. The number of rotatable bonds is 2. The molecule has 0 N–H and O–H groups in total. The van der Waals surface area contributed by atoms with Gasteiger partial charge in [-0.1, -0.05) is 0 Å². The van der Waals surface area contributed by atoms with Crippen molar-refractivity contribution >= 4 is 38.9 Å². The van der Waals surface area contributed by atoms with Crippen molar-refractivity contribution in [3.8, 4) is 0 Å². The summed E-state index contributed by atoms with van der Waals surface area (Å²) in [7, 11) is 1.62. The van der Waals surface area contributed by atoms with Crippen LogP contribution in [0.4, 0.5) is 5.69 Å². The number of aryl methyl sites for hydroxylation is 2. The van der Waals surface area contributed by atoms with E-state index in [-0.39, 0.29) is 11.5 Å². The molecule has 0 unspecified atom stereocenters. The summed E-state index contributed by atoms with van der Waals surface area (Å²) < 4.78 is 1.82. The molecule has 0 spiro atoms. The van der Waals surface area contributed by atoms with Gasteiger partial charge in [-0.15, -0.1) is 11.3 Å². The standard InChI is InChI=1S/C15H17BrN4O2S/c1-10-3-4-12(23-10)14(21)20-7-5-19(6-8-20)11-9-17-18(2)15(22)13(11)16/h3-4,9H,5-8H2,1-2H3. The third-order valence-electron chi connectivity index (χ3n) is 3.92. The van der Waals surface area contributed by atoms with Gasteiger partial charge >= 0.3 is 0 Å². The fourth-order valence-electron chi connectivity index (χ4n) is 2.58. The number of piperazine rings is 1. The van der Waals surface area contributed by atoms with Crippen LogP contribution in [0.25, 0.3) is 0 Å². The second-order valence-corrected chi connectivity index (χ2v) is 7.54. The Bertz CT molecular complexity index is 793. The number of halogens is 1. The zero-order chi connectivity index (χ0) is 16.6. The first-order valence-electron chi connectivity index (χ1n) is 7.30. The van der Waals surface area contributed by atoms with Gasteiger partial charge in [0.25, 0.3) is 11.5 Å². The molecule has 0 saturated carbocycles. The summed E-state index contributed by atoms with van der Waals surface area (Å²) in [5, 5.41) is 4.07. The van der Waals surface area contributed by atoms with Crippen molar-refractivity contribution in [2.75, 3.05) is 31.1 Å². The van der Waals surface area contributed by atoms with Gasteiger partial charge < -0.3 is 9.80 Å². The third-order valence-corrected chi connectivity index (χ3v) is 5.65. The maximum atomic E-state index is 12.5. The average Bonchev–Trinajstić information content (AvgIpc) is 2.99. The second-order valence-electron chi connectivity index (χ2n) is 5.46. The third kappa shape index (κ3) is 3.18. The van der Waals surface area contributed by atoms with Crippen LogP contribution in [-0.4, -0.2) is 46.8 Å². The summed E-state index contributed by atoms with van der Waals surface area (Å²) in [5.41, 5.74) is 0.627. The Morgan fingerprint density at radius 1 is 1.26 bits per heavy atom. The first-order valence-corrected chi connectivity index (χ1v) is 8.91. The molecule has 23 heavy (non-hydrogen) atoms. The van der Waals surface area contributed by atoms with Gasteiger partial charge in [-0.2, -0.15) is 5.10 Å². The molecule has 2 aromatic heterocycles. The maximum absolute atomic E-state index is 12.5. The number of carbonyl (C=O) groups is 1. The number of amides is 1. The summed E-state index contributed by atoms with van der Waals surface area (Å²) in [5.74, 6) is 0.0870. The zero-order valence-corrected chi connectivity index (χ0v) is 15.4. The molecular weight excluding hydrogens is 380 g/mol. The smallest absolute Gasteiger partial charge is 0.282 e. The highest BCUT2D eigenvalue weighted by Crippen LogP contribution is 2.24. The molecule has 1 aliphatic heterocycles. The van der Waals surface area contributed by atoms with Crippen LogP contribution in [0.5, 0.6) is 0 Å². The van der Waals surface area contributed by atoms with Crippen molar-refractivity contribution in [3.05, 3.63) is 42.9 Å². The van der Waals surface area contributed by atoms with E-state index in [1.165, 1.54) is 16.0 Å². The van der Waals surface area contributed by atoms with E-state index >= 15 is 0 Å². The largest absolute Gasteiger partial charge is 0.366 e. The van der Waals surface area contributed by atoms with Gasteiger partial charge in [0.2, 0.25) is 0 Å². The molecule has 0 atom stereocenters. The van der Waals surface area contributed by atoms with Crippen LogP contribution in [0.1, 0.15) is 14.5 Å². The van der Waals surface area contributed by atoms with Crippen molar-refractivity contribution in [2.24, 2.45) is 7.05 Å². The lowest BCUT2D eigenvalue weighted by atomic mass is 10.2. The molecule has 1 saturated heterocycles. The minimum absolute atomic E-state index is 0.0870. The fourth-order valence-corrected chi connectivity index (χ4v) is 4.02. The van der Waals surface area contributed by atoms with E-state index in [9.17, 15) is 9.59 Å². The lowest BCUT2D eigenvalue weighted by Gasteiger charge is -2.36. The number of thiophene rings is 1. The molecule has 3 heterocycles. The summed E-state index contributed by atoms with van der Waals surface area (Å²) in [4.78, 5) is 30.3. The minimum atomic E-state index is -0.157. The highest BCUT2D eigenvalue weighted by molar-refractivity contribution is 9.10. The molecule has 0 aliphatic carbocycles. The van der Waals surface area contributed by atoms with E-state index in [0.717, 1.165) is 15.4 Å². The molecule has 1 fully saturated rings. The fraction of sp³-hybridized carbons (Fsp3) is 0.400. The monoisotopic (exact) mass is 396 g/mol. The second kappa shape index (κ2) is 6.45. The van der Waals surface area contributed by atoms with E-state index in [4.69, 9.17) is 0 Å². The Hall–Kier alpha value is -1.67. The first-order chi connectivity index (χ1) is 11.0. The number of hydrogen-bond donors (Lipinski definition) is 0. The van der Waals surface area contributed by atoms with Gasteiger partial charge in [0, 0.05) is 38.1 Å². The number of aromatic nitrogens is 2. The molecule has 1 aliphatic rings. The van der Waals surface area contributed by atoms with Crippen LogP contribution in [0.15, 0.2) is 27.6 Å². The van der Waals surface area contributed by atoms with Crippen molar-refractivity contribution in [1.29, 1.82) is 0 Å². The Labute approximate surface area is 146 Å². The normalized spacial score (nSPS) is 15.1. The van der Waals surface area contributed by atoms with Crippen molar-refractivity contribution in [1.82, 2.24) is 14.7 Å². The molecule has 1 amide bonds. The van der Waals surface area contributed by atoms with Crippen LogP contribution >= 0.6 is 27.3 Å². The molecule has 8 heteroatoms. The van der Waals surface area contributed by atoms with Crippen LogP contribution in [0.2, 0.25) is 0 Å². The number of hydrogen-bond acceptors (Lipinski definition) is 5. The minimum Gasteiger partial charge on any atom is -0.366 e. The van der Waals surface area contributed by atoms with Gasteiger partial charge in [-0.05, 0) is 35.0 Å². The van der Waals surface area contributed by atoms with Gasteiger partial charge in [-0.25, -0.2) is 4.68 Å². The lowest BCUT2D eigenvalue weighted by molar-refractivity contribution is 0.0751. The Kier molecular flexibility index (Phi) is 4.54. The van der Waals surface area contributed by atoms with Crippen LogP contribution < -0.4 is 10.5 Å². The quantitative estimate of drug-likeness (QED) is 0.777. The topological polar surface area (TPSA) is 58.4 Å². The van der Waals surface area contributed by atoms with E-state index in [1.807, 2.05) is 24.0 Å². The van der Waals surface area contributed by atoms with Crippen LogP contribution in [-0.2, 0) is 7.05 Å². The van der Waals surface area contributed by atoms with Crippen molar-refractivity contribution < 1.29 is 4.79 Å². The molecular formula is C15H17BrN4O2S. The number of carbonyl (C=O) groups excluding carboxylic acids is 1. The average molecular weight is 397 g/mol. The van der Waals surface area contributed by atoms with Crippen molar-refractivity contribution in [2.45, 2.75) is 6.92 Å². The van der Waals surface area contributed by atoms with Gasteiger partial charge in [0.1, 0.15) is 4.47 Å². The number of anilines is 1. The predicted molar refractivity (Wildman–Crippen MR) is 94.4 cm³/mol. The highest BCUT2D eigenvalue weighted by Gasteiger charge is 2.24. The highest BCUT2D eigenvalue weighted by atomic mass is 79.9. The molecule has 0 aromatic carbocycles. The summed E-state index contributed by atoms with van der Waals surface area (Å²) in [6.45, 7) is 4.64. The van der Waals surface area contributed by atoms with E-state index < -0.39 is 0 Å². The Morgan fingerprint density at radius 3 is 2.57 bits per heavy atom. The molecule has 0 radical (unpaired) electrons. The molecule has 122 valence electrons. The van der Waals surface area contributed by atoms with E-state index in [2.05, 4.69) is 25.9 Å². The summed E-state index contributed by atoms with van der Waals surface area (Å²) in [6, 6.07) is 3.85.